The molecule has 4 heteroatoms. The minimum Gasteiger partial charge on any atom is -0.336 e. The molecule has 1 saturated heterocycles. The molecule has 1 aromatic heterocycles. The van der Waals surface area contributed by atoms with Gasteiger partial charge in [-0.2, -0.15) is 0 Å². The average Bonchev–Trinajstić information content (AvgIpc) is 3.10. The van der Waals surface area contributed by atoms with Crippen LogP contribution in [0.25, 0.3) is 0 Å². The Morgan fingerprint density at radius 3 is 2.80 bits per heavy atom. The first-order valence-electron chi connectivity index (χ1n) is 7.22. The lowest BCUT2D eigenvalue weighted by molar-refractivity contribution is 0.309. The van der Waals surface area contributed by atoms with Gasteiger partial charge in [0, 0.05) is 32.0 Å². The zero-order valence-electron chi connectivity index (χ0n) is 11.6. The van der Waals surface area contributed by atoms with Crippen molar-refractivity contribution in [3.05, 3.63) is 54.4 Å². The van der Waals surface area contributed by atoms with Crippen LogP contribution >= 0.6 is 0 Å². The predicted octanol–water partition coefficient (Wildman–Crippen LogP) is 2.59. The number of imidazole rings is 1. The SMILES string of the molecule is Fc1ccc(C[C@@H]2CCN(CCn3ccnc3)C2)cc1. The highest BCUT2D eigenvalue weighted by Gasteiger charge is 2.22. The molecule has 1 aromatic carbocycles. The van der Waals surface area contributed by atoms with Gasteiger partial charge in [-0.15, -0.1) is 0 Å². The van der Waals surface area contributed by atoms with Gasteiger partial charge in [0.25, 0.3) is 0 Å². The standard InChI is InChI=1S/C16H20FN3/c17-16-3-1-14(2-4-16)11-15-5-7-19(12-15)9-10-20-8-6-18-13-20/h1-4,6,8,13,15H,5,7,9-12H2/t15-/m0/s1. The Balaban J connectivity index is 1.46. The molecule has 2 aromatic rings. The van der Waals surface area contributed by atoms with Crippen molar-refractivity contribution < 1.29 is 4.39 Å². The molecule has 1 atom stereocenters. The lowest BCUT2D eigenvalue weighted by atomic mass is 9.99. The molecule has 0 saturated carbocycles. The minimum absolute atomic E-state index is 0.151. The Labute approximate surface area is 119 Å². The van der Waals surface area contributed by atoms with Crippen molar-refractivity contribution in [1.82, 2.24) is 14.5 Å². The summed E-state index contributed by atoms with van der Waals surface area (Å²) >= 11 is 0. The van der Waals surface area contributed by atoms with Crippen LogP contribution in [0.5, 0.6) is 0 Å². The number of halogens is 1. The number of likely N-dealkylation sites (tertiary alicyclic amines) is 1. The second-order valence-corrected chi connectivity index (χ2v) is 5.59. The monoisotopic (exact) mass is 273 g/mol. The summed E-state index contributed by atoms with van der Waals surface area (Å²) in [5.41, 5.74) is 1.24. The van der Waals surface area contributed by atoms with E-state index in [1.165, 1.54) is 18.5 Å². The normalized spacial score (nSPS) is 19.6. The molecule has 0 N–H and O–H groups in total. The maximum Gasteiger partial charge on any atom is 0.123 e. The van der Waals surface area contributed by atoms with Gasteiger partial charge in [0.15, 0.2) is 0 Å². The zero-order valence-corrected chi connectivity index (χ0v) is 11.6. The zero-order chi connectivity index (χ0) is 13.8. The Morgan fingerprint density at radius 2 is 2.05 bits per heavy atom. The van der Waals surface area contributed by atoms with Crippen LogP contribution in [-0.2, 0) is 13.0 Å². The molecule has 0 radical (unpaired) electrons. The lowest BCUT2D eigenvalue weighted by Crippen LogP contribution is -2.25. The van der Waals surface area contributed by atoms with Crippen LogP contribution < -0.4 is 0 Å². The highest BCUT2D eigenvalue weighted by Crippen LogP contribution is 2.20. The van der Waals surface area contributed by atoms with Gasteiger partial charge < -0.3 is 9.47 Å². The molecule has 20 heavy (non-hydrogen) atoms. The summed E-state index contributed by atoms with van der Waals surface area (Å²) in [6.45, 7) is 4.40. The van der Waals surface area contributed by atoms with E-state index in [-0.39, 0.29) is 5.82 Å². The minimum atomic E-state index is -0.151. The highest BCUT2D eigenvalue weighted by molar-refractivity contribution is 5.16. The molecule has 1 aliphatic rings. The fourth-order valence-electron chi connectivity index (χ4n) is 2.91. The number of nitrogens with zero attached hydrogens (tertiary/aromatic N) is 3. The first-order valence-corrected chi connectivity index (χ1v) is 7.22. The van der Waals surface area contributed by atoms with E-state index in [4.69, 9.17) is 0 Å². The Morgan fingerprint density at radius 1 is 1.20 bits per heavy atom. The molecule has 0 amide bonds. The van der Waals surface area contributed by atoms with Crippen LogP contribution in [0.15, 0.2) is 43.0 Å². The molecule has 0 unspecified atom stereocenters. The first-order chi connectivity index (χ1) is 9.79. The molecular formula is C16H20FN3. The molecule has 106 valence electrons. The molecule has 0 spiro atoms. The third kappa shape index (κ3) is 3.45. The maximum atomic E-state index is 12.9. The fraction of sp³-hybridized carbons (Fsp3) is 0.438. The van der Waals surface area contributed by atoms with Crippen molar-refractivity contribution in [2.45, 2.75) is 19.4 Å². The van der Waals surface area contributed by atoms with Crippen LogP contribution in [-0.4, -0.2) is 34.1 Å². The predicted molar refractivity (Wildman–Crippen MR) is 76.9 cm³/mol. The smallest absolute Gasteiger partial charge is 0.123 e. The van der Waals surface area contributed by atoms with E-state index in [2.05, 4.69) is 14.5 Å². The van der Waals surface area contributed by atoms with E-state index in [0.29, 0.717) is 5.92 Å². The molecule has 1 aliphatic heterocycles. The summed E-state index contributed by atoms with van der Waals surface area (Å²) in [6.07, 6.45) is 7.99. The number of hydrogen-bond acceptors (Lipinski definition) is 2. The maximum absolute atomic E-state index is 12.9. The summed E-state index contributed by atoms with van der Waals surface area (Å²) in [5, 5.41) is 0. The van der Waals surface area contributed by atoms with Gasteiger partial charge in [-0.25, -0.2) is 9.37 Å². The van der Waals surface area contributed by atoms with E-state index >= 15 is 0 Å². The summed E-state index contributed by atoms with van der Waals surface area (Å²) in [6, 6.07) is 6.93. The Kier molecular flexibility index (Phi) is 4.11. The van der Waals surface area contributed by atoms with Crippen molar-refractivity contribution in [2.24, 2.45) is 5.92 Å². The van der Waals surface area contributed by atoms with Crippen LogP contribution in [0.4, 0.5) is 4.39 Å². The van der Waals surface area contributed by atoms with Gasteiger partial charge in [-0.1, -0.05) is 12.1 Å². The molecular weight excluding hydrogens is 253 g/mol. The second-order valence-electron chi connectivity index (χ2n) is 5.59. The van der Waals surface area contributed by atoms with Gasteiger partial charge in [0.1, 0.15) is 5.82 Å². The molecule has 0 aliphatic carbocycles. The molecule has 1 fully saturated rings. The Bertz CT molecular complexity index is 521. The summed E-state index contributed by atoms with van der Waals surface area (Å²) in [7, 11) is 0. The van der Waals surface area contributed by atoms with Crippen molar-refractivity contribution in [3.63, 3.8) is 0 Å². The van der Waals surface area contributed by atoms with Crippen LogP contribution in [0.1, 0.15) is 12.0 Å². The van der Waals surface area contributed by atoms with Gasteiger partial charge in [0.05, 0.1) is 6.33 Å². The van der Waals surface area contributed by atoms with E-state index in [1.54, 1.807) is 12.1 Å². The molecule has 3 rings (SSSR count). The number of aromatic nitrogens is 2. The van der Waals surface area contributed by atoms with Crippen molar-refractivity contribution in [1.29, 1.82) is 0 Å². The molecule has 2 heterocycles. The van der Waals surface area contributed by atoms with Gasteiger partial charge >= 0.3 is 0 Å². The van der Waals surface area contributed by atoms with Crippen molar-refractivity contribution >= 4 is 0 Å². The third-order valence-electron chi connectivity index (χ3n) is 4.04. The summed E-state index contributed by atoms with van der Waals surface area (Å²) in [5.74, 6) is 0.547. The number of hydrogen-bond donors (Lipinski definition) is 0. The van der Waals surface area contributed by atoms with E-state index in [0.717, 1.165) is 26.1 Å². The van der Waals surface area contributed by atoms with Gasteiger partial charge in [-0.3, -0.25) is 0 Å². The lowest BCUT2D eigenvalue weighted by Gasteiger charge is -2.16. The molecule has 3 nitrogen and oxygen atoms in total. The fourth-order valence-corrected chi connectivity index (χ4v) is 2.91. The van der Waals surface area contributed by atoms with Crippen LogP contribution in [0.2, 0.25) is 0 Å². The summed E-state index contributed by atoms with van der Waals surface area (Å²) in [4.78, 5) is 6.57. The highest BCUT2D eigenvalue weighted by atomic mass is 19.1. The largest absolute Gasteiger partial charge is 0.336 e. The van der Waals surface area contributed by atoms with E-state index in [9.17, 15) is 4.39 Å². The average molecular weight is 273 g/mol. The number of benzene rings is 1. The van der Waals surface area contributed by atoms with Crippen molar-refractivity contribution in [2.75, 3.05) is 19.6 Å². The van der Waals surface area contributed by atoms with Crippen LogP contribution in [0.3, 0.4) is 0 Å². The number of rotatable bonds is 5. The quantitative estimate of drug-likeness (QED) is 0.835. The van der Waals surface area contributed by atoms with Gasteiger partial charge in [-0.05, 0) is 43.0 Å². The summed E-state index contributed by atoms with van der Waals surface area (Å²) < 4.78 is 15.0. The van der Waals surface area contributed by atoms with E-state index < -0.39 is 0 Å². The second kappa shape index (κ2) is 6.18. The van der Waals surface area contributed by atoms with Crippen LogP contribution in [0, 0.1) is 11.7 Å². The first kappa shape index (κ1) is 13.3. The topological polar surface area (TPSA) is 21.1 Å². The van der Waals surface area contributed by atoms with Gasteiger partial charge in [0.2, 0.25) is 0 Å². The third-order valence-corrected chi connectivity index (χ3v) is 4.04. The Hall–Kier alpha value is -1.68. The molecule has 0 bridgehead atoms. The van der Waals surface area contributed by atoms with Crippen molar-refractivity contribution in [3.8, 4) is 0 Å². The van der Waals surface area contributed by atoms with E-state index in [1.807, 2.05) is 30.9 Å².